The molecule has 0 aromatic heterocycles. The van der Waals surface area contributed by atoms with E-state index in [0.717, 1.165) is 27.9 Å². The monoisotopic (exact) mass is 386 g/mol. The fourth-order valence-corrected chi connectivity index (χ4v) is 3.32. The predicted molar refractivity (Wildman–Crippen MR) is 117 cm³/mol. The topological polar surface area (TPSA) is 58.2 Å². The van der Waals surface area contributed by atoms with Crippen molar-refractivity contribution in [1.82, 2.24) is 5.32 Å². The van der Waals surface area contributed by atoms with E-state index in [9.17, 15) is 9.59 Å². The van der Waals surface area contributed by atoms with Crippen LogP contribution in [0, 0.1) is 13.8 Å². The molecule has 2 N–H and O–H groups in total. The molecule has 0 aliphatic heterocycles. The van der Waals surface area contributed by atoms with Gasteiger partial charge in [0, 0.05) is 18.0 Å². The Kier molecular flexibility index (Phi) is 6.80. The number of anilines is 1. The summed E-state index contributed by atoms with van der Waals surface area (Å²) in [6.45, 7) is 3.91. The van der Waals surface area contributed by atoms with E-state index in [-0.39, 0.29) is 30.7 Å². The van der Waals surface area contributed by atoms with Gasteiger partial charge in [0.1, 0.15) is 0 Å². The summed E-state index contributed by atoms with van der Waals surface area (Å²) in [4.78, 5) is 24.9. The Bertz CT molecular complexity index is 929. The first kappa shape index (κ1) is 20.3. The van der Waals surface area contributed by atoms with Crippen LogP contribution < -0.4 is 10.6 Å². The second-order valence-corrected chi connectivity index (χ2v) is 7.15. The minimum Gasteiger partial charge on any atom is -0.347 e. The third kappa shape index (κ3) is 5.55. The van der Waals surface area contributed by atoms with Gasteiger partial charge in [0.15, 0.2) is 0 Å². The Balaban J connectivity index is 1.62. The zero-order chi connectivity index (χ0) is 20.6. The summed E-state index contributed by atoms with van der Waals surface area (Å²) in [7, 11) is 0. The van der Waals surface area contributed by atoms with Gasteiger partial charge >= 0.3 is 0 Å². The molecule has 3 aromatic carbocycles. The molecule has 0 heterocycles. The van der Waals surface area contributed by atoms with Gasteiger partial charge in [-0.3, -0.25) is 9.59 Å². The number of hydrogen-bond acceptors (Lipinski definition) is 2. The molecule has 29 heavy (non-hydrogen) atoms. The second-order valence-electron chi connectivity index (χ2n) is 7.15. The third-order valence-electron chi connectivity index (χ3n) is 5.12. The molecule has 0 aliphatic rings. The standard InChI is InChI=1S/C25H26N2O2/c1-18-10-9-15-23(19(18)2)27-25(29)17-26-24(28)16-22(20-11-5-3-6-12-20)21-13-7-4-8-14-21/h3-15,22H,16-17H2,1-2H3,(H,26,28)(H,27,29). The molecule has 148 valence electrons. The zero-order valence-electron chi connectivity index (χ0n) is 16.8. The molecule has 0 saturated carbocycles. The fourth-order valence-electron chi connectivity index (χ4n) is 3.32. The van der Waals surface area contributed by atoms with E-state index in [0.29, 0.717) is 0 Å². The molecule has 2 amide bonds. The van der Waals surface area contributed by atoms with Crippen LogP contribution in [0.15, 0.2) is 78.9 Å². The van der Waals surface area contributed by atoms with Crippen molar-refractivity contribution < 1.29 is 9.59 Å². The van der Waals surface area contributed by atoms with Crippen molar-refractivity contribution in [2.75, 3.05) is 11.9 Å². The van der Waals surface area contributed by atoms with E-state index in [1.54, 1.807) is 0 Å². The lowest BCUT2D eigenvalue weighted by Gasteiger charge is -2.18. The van der Waals surface area contributed by atoms with Crippen molar-refractivity contribution in [3.05, 3.63) is 101 Å². The van der Waals surface area contributed by atoms with Crippen LogP contribution in [0.4, 0.5) is 5.69 Å². The third-order valence-corrected chi connectivity index (χ3v) is 5.12. The molecule has 0 radical (unpaired) electrons. The molecule has 0 fully saturated rings. The molecular weight excluding hydrogens is 360 g/mol. The van der Waals surface area contributed by atoms with Crippen LogP contribution in [-0.4, -0.2) is 18.4 Å². The highest BCUT2D eigenvalue weighted by atomic mass is 16.2. The first-order valence-electron chi connectivity index (χ1n) is 9.77. The quantitative estimate of drug-likeness (QED) is 0.624. The Morgan fingerprint density at radius 1 is 0.759 bits per heavy atom. The van der Waals surface area contributed by atoms with Gasteiger partial charge in [0.2, 0.25) is 11.8 Å². The van der Waals surface area contributed by atoms with Crippen LogP contribution >= 0.6 is 0 Å². The summed E-state index contributed by atoms with van der Waals surface area (Å²) in [6, 6.07) is 25.7. The molecule has 4 heteroatoms. The largest absolute Gasteiger partial charge is 0.347 e. The average molecular weight is 386 g/mol. The predicted octanol–water partition coefficient (Wildman–Crippen LogP) is 4.58. The van der Waals surface area contributed by atoms with E-state index in [4.69, 9.17) is 0 Å². The number of benzene rings is 3. The molecule has 0 unspecified atom stereocenters. The summed E-state index contributed by atoms with van der Waals surface area (Å²) in [5.74, 6) is -0.443. The maximum atomic E-state index is 12.6. The molecule has 4 nitrogen and oxygen atoms in total. The van der Waals surface area contributed by atoms with E-state index in [1.807, 2.05) is 92.7 Å². The summed E-state index contributed by atoms with van der Waals surface area (Å²) < 4.78 is 0. The van der Waals surface area contributed by atoms with Gasteiger partial charge in [-0.1, -0.05) is 72.8 Å². The summed E-state index contributed by atoms with van der Waals surface area (Å²) in [6.07, 6.45) is 0.283. The number of hydrogen-bond donors (Lipinski definition) is 2. The van der Waals surface area contributed by atoms with Gasteiger partial charge in [-0.2, -0.15) is 0 Å². The summed E-state index contributed by atoms with van der Waals surface area (Å²) in [5, 5.41) is 5.63. The van der Waals surface area contributed by atoms with Crippen LogP contribution in [0.2, 0.25) is 0 Å². The number of aryl methyl sites for hydroxylation is 1. The Labute approximate surface area is 172 Å². The molecular formula is C25H26N2O2. The Morgan fingerprint density at radius 3 is 1.93 bits per heavy atom. The smallest absolute Gasteiger partial charge is 0.243 e. The maximum Gasteiger partial charge on any atom is 0.243 e. The van der Waals surface area contributed by atoms with Gasteiger partial charge in [-0.05, 0) is 42.2 Å². The van der Waals surface area contributed by atoms with Crippen LogP contribution in [-0.2, 0) is 9.59 Å². The molecule has 0 saturated heterocycles. The highest BCUT2D eigenvalue weighted by Gasteiger charge is 2.18. The number of nitrogens with one attached hydrogen (secondary N) is 2. The molecule has 3 aromatic rings. The van der Waals surface area contributed by atoms with Crippen molar-refractivity contribution >= 4 is 17.5 Å². The normalized spacial score (nSPS) is 10.6. The minimum absolute atomic E-state index is 0.0531. The van der Waals surface area contributed by atoms with Crippen LogP contribution in [0.3, 0.4) is 0 Å². The first-order chi connectivity index (χ1) is 14.0. The van der Waals surface area contributed by atoms with E-state index in [1.165, 1.54) is 0 Å². The van der Waals surface area contributed by atoms with Crippen LogP contribution in [0.5, 0.6) is 0 Å². The lowest BCUT2D eigenvalue weighted by atomic mass is 9.88. The van der Waals surface area contributed by atoms with Crippen LogP contribution in [0.1, 0.15) is 34.6 Å². The lowest BCUT2D eigenvalue weighted by Crippen LogP contribution is -2.33. The lowest BCUT2D eigenvalue weighted by molar-refractivity contribution is -0.124. The van der Waals surface area contributed by atoms with Gasteiger partial charge in [0.05, 0.1) is 6.54 Å². The Hall–Kier alpha value is -3.40. The molecule has 0 aliphatic carbocycles. The zero-order valence-corrected chi connectivity index (χ0v) is 16.8. The van der Waals surface area contributed by atoms with Crippen LogP contribution in [0.25, 0.3) is 0 Å². The van der Waals surface area contributed by atoms with E-state index in [2.05, 4.69) is 10.6 Å². The highest BCUT2D eigenvalue weighted by Crippen LogP contribution is 2.27. The van der Waals surface area contributed by atoms with E-state index >= 15 is 0 Å². The molecule has 3 rings (SSSR count). The first-order valence-corrected chi connectivity index (χ1v) is 9.77. The van der Waals surface area contributed by atoms with Crippen molar-refractivity contribution in [2.45, 2.75) is 26.2 Å². The number of rotatable bonds is 7. The summed E-state index contributed by atoms with van der Waals surface area (Å²) >= 11 is 0. The number of carbonyl (C=O) groups is 2. The minimum atomic E-state index is -0.233. The highest BCUT2D eigenvalue weighted by molar-refractivity contribution is 5.95. The SMILES string of the molecule is Cc1cccc(NC(=O)CNC(=O)CC(c2ccccc2)c2ccccc2)c1C. The van der Waals surface area contributed by atoms with Gasteiger partial charge in [0.25, 0.3) is 0 Å². The van der Waals surface area contributed by atoms with Gasteiger partial charge in [-0.15, -0.1) is 0 Å². The van der Waals surface area contributed by atoms with Crippen molar-refractivity contribution in [3.8, 4) is 0 Å². The number of amides is 2. The molecule has 0 spiro atoms. The number of carbonyl (C=O) groups excluding carboxylic acids is 2. The second kappa shape index (κ2) is 9.69. The van der Waals surface area contributed by atoms with Gasteiger partial charge < -0.3 is 10.6 Å². The fraction of sp³-hybridized carbons (Fsp3) is 0.200. The van der Waals surface area contributed by atoms with E-state index < -0.39 is 0 Å². The molecule has 0 bridgehead atoms. The maximum absolute atomic E-state index is 12.6. The van der Waals surface area contributed by atoms with Gasteiger partial charge in [-0.25, -0.2) is 0 Å². The van der Waals surface area contributed by atoms with Crippen molar-refractivity contribution in [2.24, 2.45) is 0 Å². The van der Waals surface area contributed by atoms with Crippen molar-refractivity contribution in [3.63, 3.8) is 0 Å². The summed E-state index contributed by atoms with van der Waals surface area (Å²) in [5.41, 5.74) is 5.07. The Morgan fingerprint density at radius 2 is 1.34 bits per heavy atom. The van der Waals surface area contributed by atoms with Crippen molar-refractivity contribution in [1.29, 1.82) is 0 Å². The average Bonchev–Trinajstić information content (AvgIpc) is 2.75. The molecule has 0 atom stereocenters.